The Kier molecular flexibility index (Phi) is 5.87. The van der Waals surface area contributed by atoms with Crippen LogP contribution in [-0.4, -0.2) is 0 Å². The highest BCUT2D eigenvalue weighted by atomic mass is 14.3. The second-order valence-corrected chi connectivity index (χ2v) is 11.2. The average Bonchev–Trinajstić information content (AvgIpc) is 3.02. The molecular weight excluding hydrogens is 348 g/mol. The molecule has 1 aliphatic carbocycles. The van der Waals surface area contributed by atoms with Gasteiger partial charge in [-0.3, -0.25) is 0 Å². The molecule has 0 heterocycles. The maximum absolute atomic E-state index is 2.51. The molecule has 0 N–H and O–H groups in total. The number of hydrogen-bond acceptors (Lipinski definition) is 0. The fraction of sp³-hybridized carbons (Fsp3) is 0.517. The van der Waals surface area contributed by atoms with E-state index in [0.717, 1.165) is 6.42 Å². The van der Waals surface area contributed by atoms with Crippen molar-refractivity contribution in [2.75, 3.05) is 0 Å². The minimum Gasteiger partial charge on any atom is -0.0654 e. The van der Waals surface area contributed by atoms with Gasteiger partial charge in [-0.15, -0.1) is 0 Å². The lowest BCUT2D eigenvalue weighted by Gasteiger charge is -2.27. The summed E-state index contributed by atoms with van der Waals surface area (Å²) in [6.07, 6.45) is 7.45. The number of fused-ring (bicyclic) bond motifs is 1. The van der Waals surface area contributed by atoms with Crippen molar-refractivity contribution in [1.29, 1.82) is 0 Å². The molecule has 0 amide bonds. The van der Waals surface area contributed by atoms with Crippen molar-refractivity contribution in [3.8, 4) is 11.1 Å². The fourth-order valence-electron chi connectivity index (χ4n) is 4.52. The third kappa shape index (κ3) is 4.52. The lowest BCUT2D eigenvalue weighted by atomic mass is 9.78. The summed E-state index contributed by atoms with van der Waals surface area (Å²) in [6.45, 7) is 20.8. The highest BCUT2D eigenvalue weighted by Crippen LogP contribution is 2.42. The Morgan fingerprint density at radius 3 is 1.90 bits per heavy atom. The normalized spacial score (nSPS) is 14.2. The molecule has 0 bridgehead atoms. The minimum absolute atomic E-state index is 0.139. The van der Waals surface area contributed by atoms with Crippen molar-refractivity contribution in [2.45, 2.75) is 98.8 Å². The molecule has 156 valence electrons. The summed E-state index contributed by atoms with van der Waals surface area (Å²) in [5, 5.41) is 0. The van der Waals surface area contributed by atoms with Crippen molar-refractivity contribution in [1.82, 2.24) is 0 Å². The smallest absolute Gasteiger partial charge is 0.00550 e. The summed E-state index contributed by atoms with van der Waals surface area (Å²) in [6, 6.07) is 9.73. The molecule has 0 spiro atoms. The van der Waals surface area contributed by atoms with E-state index in [1.54, 1.807) is 11.1 Å². The largest absolute Gasteiger partial charge is 0.0654 e. The SMILES string of the molecule is CCCCC1=Cc2c(c(C)cc(C)c2-c2cc(C(C)(C)C)cc(C(C)(C)C)c2)C1. The molecule has 0 nitrogen and oxygen atoms in total. The maximum Gasteiger partial charge on any atom is -0.00550 e. The zero-order valence-corrected chi connectivity index (χ0v) is 20.2. The van der Waals surface area contributed by atoms with Gasteiger partial charge in [0, 0.05) is 0 Å². The van der Waals surface area contributed by atoms with Gasteiger partial charge in [-0.1, -0.05) is 90.8 Å². The van der Waals surface area contributed by atoms with E-state index in [2.05, 4.69) is 92.7 Å². The Bertz CT molecular complexity index is 907. The molecule has 2 aromatic rings. The van der Waals surface area contributed by atoms with Crippen LogP contribution in [0.1, 0.15) is 101 Å². The quantitative estimate of drug-likeness (QED) is 0.491. The van der Waals surface area contributed by atoms with Crippen LogP contribution in [0.15, 0.2) is 29.8 Å². The molecule has 0 fully saturated rings. The van der Waals surface area contributed by atoms with E-state index in [0.29, 0.717) is 0 Å². The summed E-state index contributed by atoms with van der Waals surface area (Å²) >= 11 is 0. The monoisotopic (exact) mass is 388 g/mol. The fourth-order valence-corrected chi connectivity index (χ4v) is 4.52. The number of unbranched alkanes of at least 4 members (excludes halogenated alkanes) is 1. The van der Waals surface area contributed by atoms with Crippen molar-refractivity contribution >= 4 is 6.08 Å². The number of benzene rings is 2. The maximum atomic E-state index is 2.51. The van der Waals surface area contributed by atoms with Crippen LogP contribution in [0.5, 0.6) is 0 Å². The first-order chi connectivity index (χ1) is 13.4. The number of aryl methyl sites for hydroxylation is 2. The molecule has 2 aromatic carbocycles. The van der Waals surface area contributed by atoms with Gasteiger partial charge in [0.15, 0.2) is 0 Å². The van der Waals surface area contributed by atoms with Gasteiger partial charge in [-0.25, -0.2) is 0 Å². The van der Waals surface area contributed by atoms with Crippen LogP contribution < -0.4 is 0 Å². The van der Waals surface area contributed by atoms with Gasteiger partial charge in [0.05, 0.1) is 0 Å². The first-order valence-corrected chi connectivity index (χ1v) is 11.4. The van der Waals surface area contributed by atoms with Crippen LogP contribution in [-0.2, 0) is 17.3 Å². The Morgan fingerprint density at radius 2 is 1.38 bits per heavy atom. The zero-order valence-electron chi connectivity index (χ0n) is 20.2. The topological polar surface area (TPSA) is 0 Å². The summed E-state index contributed by atoms with van der Waals surface area (Å²) in [4.78, 5) is 0. The van der Waals surface area contributed by atoms with E-state index in [1.165, 1.54) is 58.2 Å². The molecule has 0 heteroatoms. The van der Waals surface area contributed by atoms with Gasteiger partial charge in [0.1, 0.15) is 0 Å². The van der Waals surface area contributed by atoms with E-state index >= 15 is 0 Å². The molecule has 0 aliphatic heterocycles. The highest BCUT2D eigenvalue weighted by molar-refractivity contribution is 5.84. The van der Waals surface area contributed by atoms with Crippen LogP contribution in [0.25, 0.3) is 17.2 Å². The van der Waals surface area contributed by atoms with Crippen molar-refractivity contribution < 1.29 is 0 Å². The molecule has 0 saturated carbocycles. The van der Waals surface area contributed by atoms with Gasteiger partial charge in [-0.2, -0.15) is 0 Å². The van der Waals surface area contributed by atoms with Crippen molar-refractivity contribution in [2.24, 2.45) is 0 Å². The molecule has 0 unspecified atom stereocenters. The van der Waals surface area contributed by atoms with Crippen LogP contribution in [0.3, 0.4) is 0 Å². The van der Waals surface area contributed by atoms with Crippen molar-refractivity contribution in [3.05, 3.63) is 63.2 Å². The Labute approximate surface area is 179 Å². The molecule has 0 atom stereocenters. The number of rotatable bonds is 4. The predicted octanol–water partition coefficient (Wildman–Crippen LogP) is 8.70. The van der Waals surface area contributed by atoms with Gasteiger partial charge in [0.2, 0.25) is 0 Å². The highest BCUT2D eigenvalue weighted by Gasteiger charge is 2.24. The molecule has 1 aliphatic rings. The van der Waals surface area contributed by atoms with Gasteiger partial charge in [-0.05, 0) is 88.4 Å². The molecule has 0 aromatic heterocycles. The van der Waals surface area contributed by atoms with E-state index in [9.17, 15) is 0 Å². The lowest BCUT2D eigenvalue weighted by molar-refractivity contribution is 0.569. The molecule has 3 rings (SSSR count). The Morgan fingerprint density at radius 1 is 0.793 bits per heavy atom. The van der Waals surface area contributed by atoms with Gasteiger partial charge in [0.25, 0.3) is 0 Å². The first kappa shape index (κ1) is 21.9. The summed E-state index contributed by atoms with van der Waals surface area (Å²) in [5.74, 6) is 0. The number of hydrogen-bond donors (Lipinski definition) is 0. The third-order valence-corrected chi connectivity index (χ3v) is 6.46. The first-order valence-electron chi connectivity index (χ1n) is 11.4. The molecule has 0 saturated heterocycles. The third-order valence-electron chi connectivity index (χ3n) is 6.46. The lowest BCUT2D eigenvalue weighted by Crippen LogP contribution is -2.16. The Hall–Kier alpha value is -1.82. The standard InChI is InChI=1S/C29H40/c1-10-11-12-21-14-25-19(2)13-20(3)27(26(25)15-21)22-16-23(28(4,5)6)18-24(17-22)29(7,8)9/h13,15-18H,10-12,14H2,1-9H3. The average molecular weight is 389 g/mol. The predicted molar refractivity (Wildman–Crippen MR) is 130 cm³/mol. The second-order valence-electron chi connectivity index (χ2n) is 11.2. The van der Waals surface area contributed by atoms with Gasteiger partial charge < -0.3 is 0 Å². The van der Waals surface area contributed by atoms with E-state index in [-0.39, 0.29) is 10.8 Å². The molecule has 0 radical (unpaired) electrons. The minimum atomic E-state index is 0.139. The van der Waals surface area contributed by atoms with E-state index in [1.807, 2.05) is 0 Å². The number of allylic oxidation sites excluding steroid dienone is 1. The molecule has 29 heavy (non-hydrogen) atoms. The Balaban J connectivity index is 2.24. The van der Waals surface area contributed by atoms with Crippen LogP contribution in [0.4, 0.5) is 0 Å². The van der Waals surface area contributed by atoms with Crippen molar-refractivity contribution in [3.63, 3.8) is 0 Å². The van der Waals surface area contributed by atoms with Crippen LogP contribution >= 0.6 is 0 Å². The summed E-state index contributed by atoms with van der Waals surface area (Å²) in [5.41, 5.74) is 13.5. The van der Waals surface area contributed by atoms with Crippen LogP contribution in [0.2, 0.25) is 0 Å². The summed E-state index contributed by atoms with van der Waals surface area (Å²) in [7, 11) is 0. The van der Waals surface area contributed by atoms with Gasteiger partial charge >= 0.3 is 0 Å². The van der Waals surface area contributed by atoms with Crippen LogP contribution in [0, 0.1) is 13.8 Å². The zero-order chi connectivity index (χ0) is 21.6. The second kappa shape index (κ2) is 7.78. The summed E-state index contributed by atoms with van der Waals surface area (Å²) < 4.78 is 0. The molecular formula is C29H40. The van der Waals surface area contributed by atoms with E-state index in [4.69, 9.17) is 0 Å². The van der Waals surface area contributed by atoms with E-state index < -0.39 is 0 Å².